The van der Waals surface area contributed by atoms with E-state index in [1.165, 1.54) is 4.57 Å². The van der Waals surface area contributed by atoms with Gasteiger partial charge in [0.25, 0.3) is 5.56 Å². The second kappa shape index (κ2) is 5.43. The van der Waals surface area contributed by atoms with Crippen molar-refractivity contribution in [2.45, 2.75) is 33.2 Å². The van der Waals surface area contributed by atoms with E-state index in [0.717, 1.165) is 11.3 Å². The van der Waals surface area contributed by atoms with Crippen LogP contribution >= 0.6 is 11.3 Å². The van der Waals surface area contributed by atoms with Crippen molar-refractivity contribution in [1.29, 1.82) is 5.26 Å². The van der Waals surface area contributed by atoms with Crippen LogP contribution in [0.2, 0.25) is 0 Å². The summed E-state index contributed by atoms with van der Waals surface area (Å²) in [7, 11) is 0. The van der Waals surface area contributed by atoms with E-state index in [1.807, 2.05) is 6.07 Å². The summed E-state index contributed by atoms with van der Waals surface area (Å²) in [6.45, 7) is 3.75. The minimum Gasteiger partial charge on any atom is -0.477 e. The van der Waals surface area contributed by atoms with Crippen LogP contribution in [0, 0.1) is 25.2 Å². The molecule has 0 bridgehead atoms. The molecule has 0 aromatic carbocycles. The second-order valence-electron chi connectivity index (χ2n) is 4.42. The third-order valence-corrected chi connectivity index (χ3v) is 4.28. The molecule has 2 aromatic rings. The zero-order chi connectivity index (χ0) is 14.9. The predicted molar refractivity (Wildman–Crippen MR) is 75.2 cm³/mol. The average Bonchev–Trinajstić information content (AvgIpc) is 2.70. The van der Waals surface area contributed by atoms with Gasteiger partial charge in [-0.15, -0.1) is 11.3 Å². The predicted octanol–water partition coefficient (Wildman–Crippen LogP) is 2.08. The summed E-state index contributed by atoms with van der Waals surface area (Å²) in [5.74, 6) is -0.503. The lowest BCUT2D eigenvalue weighted by Crippen LogP contribution is -2.23. The van der Waals surface area contributed by atoms with E-state index in [1.54, 1.807) is 13.8 Å². The summed E-state index contributed by atoms with van der Waals surface area (Å²) in [5.41, 5.74) is 0.232. The van der Waals surface area contributed by atoms with Crippen molar-refractivity contribution in [3.05, 3.63) is 26.6 Å². The molecule has 0 amide bonds. The van der Waals surface area contributed by atoms with Gasteiger partial charge in [-0.05, 0) is 25.8 Å². The number of rotatable bonds is 4. The number of hydrogen-bond donors (Lipinski definition) is 1. The van der Waals surface area contributed by atoms with Gasteiger partial charge >= 0.3 is 5.97 Å². The van der Waals surface area contributed by atoms with Gasteiger partial charge in [-0.2, -0.15) is 5.26 Å². The second-order valence-corrected chi connectivity index (χ2v) is 5.42. The summed E-state index contributed by atoms with van der Waals surface area (Å²) in [6, 6.07) is 2.03. The van der Waals surface area contributed by atoms with Crippen LogP contribution in [-0.4, -0.2) is 20.6 Å². The topological polar surface area (TPSA) is 96.0 Å². The van der Waals surface area contributed by atoms with Crippen molar-refractivity contribution < 1.29 is 9.90 Å². The number of aromatic carboxylic acids is 1. The number of nitriles is 1. The quantitative estimate of drug-likeness (QED) is 0.870. The molecule has 0 saturated carbocycles. The fraction of sp³-hybridized carbons (Fsp3) is 0.385. The molecule has 104 valence electrons. The number of aryl methyl sites for hydroxylation is 2. The Hall–Kier alpha value is -2.20. The van der Waals surface area contributed by atoms with Gasteiger partial charge in [0.2, 0.25) is 0 Å². The highest BCUT2D eigenvalue weighted by molar-refractivity contribution is 7.20. The molecular weight excluding hydrogens is 278 g/mol. The molecule has 0 aliphatic heterocycles. The van der Waals surface area contributed by atoms with Gasteiger partial charge in [0.05, 0.1) is 11.5 Å². The Balaban J connectivity index is 2.63. The fourth-order valence-electron chi connectivity index (χ4n) is 2.10. The number of fused-ring (bicyclic) bond motifs is 1. The Kier molecular flexibility index (Phi) is 3.86. The van der Waals surface area contributed by atoms with E-state index in [-0.39, 0.29) is 10.4 Å². The molecule has 6 nitrogen and oxygen atoms in total. The van der Waals surface area contributed by atoms with E-state index in [0.29, 0.717) is 41.0 Å². The summed E-state index contributed by atoms with van der Waals surface area (Å²) < 4.78 is 1.50. The van der Waals surface area contributed by atoms with Gasteiger partial charge in [0.1, 0.15) is 15.5 Å². The third-order valence-electron chi connectivity index (χ3n) is 3.11. The average molecular weight is 291 g/mol. The van der Waals surface area contributed by atoms with Crippen LogP contribution in [0.4, 0.5) is 0 Å². The van der Waals surface area contributed by atoms with E-state index < -0.39 is 5.97 Å². The van der Waals surface area contributed by atoms with Crippen molar-refractivity contribution >= 4 is 27.5 Å². The van der Waals surface area contributed by atoms with Crippen molar-refractivity contribution in [2.75, 3.05) is 0 Å². The van der Waals surface area contributed by atoms with Gasteiger partial charge in [-0.3, -0.25) is 9.36 Å². The fourth-order valence-corrected chi connectivity index (χ4v) is 3.16. The molecule has 2 aromatic heterocycles. The van der Waals surface area contributed by atoms with Crippen LogP contribution in [0.15, 0.2) is 4.79 Å². The van der Waals surface area contributed by atoms with E-state index >= 15 is 0 Å². The summed E-state index contributed by atoms with van der Waals surface area (Å²) in [6.07, 6.45) is 0.937. The first-order valence-corrected chi connectivity index (χ1v) is 6.89. The molecule has 2 heterocycles. The van der Waals surface area contributed by atoms with Crippen molar-refractivity contribution in [1.82, 2.24) is 9.55 Å². The monoisotopic (exact) mass is 291 g/mol. The van der Waals surface area contributed by atoms with Gasteiger partial charge in [0, 0.05) is 13.0 Å². The number of unbranched alkanes of at least 4 members (excludes halogenated alkanes) is 1. The molecule has 7 heteroatoms. The Morgan fingerprint density at radius 1 is 1.50 bits per heavy atom. The first-order chi connectivity index (χ1) is 9.47. The SMILES string of the molecule is Cc1c(C(=O)O)sc2nc(C)n(CCCC#N)c(=O)c12. The molecule has 0 spiro atoms. The summed E-state index contributed by atoms with van der Waals surface area (Å²) in [5, 5.41) is 18.0. The number of carboxylic acid groups (broad SMARTS) is 1. The lowest BCUT2D eigenvalue weighted by Gasteiger charge is -2.08. The number of thiophene rings is 1. The zero-order valence-electron chi connectivity index (χ0n) is 11.1. The zero-order valence-corrected chi connectivity index (χ0v) is 12.0. The molecule has 0 radical (unpaired) electrons. The first kappa shape index (κ1) is 14.2. The number of carbonyl (C=O) groups is 1. The molecule has 0 unspecified atom stereocenters. The first-order valence-electron chi connectivity index (χ1n) is 6.08. The molecule has 20 heavy (non-hydrogen) atoms. The highest BCUT2D eigenvalue weighted by atomic mass is 32.1. The lowest BCUT2D eigenvalue weighted by atomic mass is 10.2. The minimum absolute atomic E-state index is 0.152. The van der Waals surface area contributed by atoms with Crippen molar-refractivity contribution in [3.63, 3.8) is 0 Å². The molecule has 0 aliphatic rings. The van der Waals surface area contributed by atoms with Crippen molar-refractivity contribution in [2.24, 2.45) is 0 Å². The van der Waals surface area contributed by atoms with Crippen LogP contribution in [0.3, 0.4) is 0 Å². The Morgan fingerprint density at radius 3 is 2.80 bits per heavy atom. The number of nitrogens with zero attached hydrogens (tertiary/aromatic N) is 3. The van der Waals surface area contributed by atoms with Crippen LogP contribution in [0.5, 0.6) is 0 Å². The smallest absolute Gasteiger partial charge is 0.346 e. The Labute approximate surface area is 118 Å². The highest BCUT2D eigenvalue weighted by Crippen LogP contribution is 2.27. The standard InChI is InChI=1S/C13H13N3O3S/c1-7-9-11(20-10(7)13(18)19)15-8(2)16(12(9)17)6-4-3-5-14/h3-4,6H2,1-2H3,(H,18,19). The minimum atomic E-state index is -1.04. The summed E-state index contributed by atoms with van der Waals surface area (Å²) >= 11 is 1.02. The molecule has 0 aliphatic carbocycles. The van der Waals surface area contributed by atoms with Crippen LogP contribution in [-0.2, 0) is 6.54 Å². The maximum atomic E-state index is 12.5. The molecule has 1 N–H and O–H groups in total. The van der Waals surface area contributed by atoms with E-state index in [2.05, 4.69) is 4.98 Å². The third kappa shape index (κ3) is 2.30. The molecule has 0 fully saturated rings. The molecule has 0 atom stereocenters. The normalized spacial score (nSPS) is 10.7. The molecule has 2 rings (SSSR count). The van der Waals surface area contributed by atoms with Gasteiger partial charge in [-0.25, -0.2) is 9.78 Å². The maximum Gasteiger partial charge on any atom is 0.346 e. The van der Waals surface area contributed by atoms with E-state index in [9.17, 15) is 9.59 Å². The van der Waals surface area contributed by atoms with Crippen molar-refractivity contribution in [3.8, 4) is 6.07 Å². The van der Waals surface area contributed by atoms with Gasteiger partial charge in [-0.1, -0.05) is 0 Å². The summed E-state index contributed by atoms with van der Waals surface area (Å²) in [4.78, 5) is 28.5. The Bertz CT molecular complexity index is 783. The molecule has 0 saturated heterocycles. The number of carboxylic acids is 1. The number of hydrogen-bond acceptors (Lipinski definition) is 5. The lowest BCUT2D eigenvalue weighted by molar-refractivity contribution is 0.0701. The number of aromatic nitrogens is 2. The van der Waals surface area contributed by atoms with Crippen LogP contribution in [0.25, 0.3) is 10.2 Å². The van der Waals surface area contributed by atoms with Crippen LogP contribution in [0.1, 0.15) is 33.9 Å². The maximum absolute atomic E-state index is 12.5. The molecular formula is C13H13N3O3S. The van der Waals surface area contributed by atoms with Crippen LogP contribution < -0.4 is 5.56 Å². The van der Waals surface area contributed by atoms with Gasteiger partial charge in [0.15, 0.2) is 0 Å². The Morgan fingerprint density at radius 2 is 2.20 bits per heavy atom. The largest absolute Gasteiger partial charge is 0.477 e. The van der Waals surface area contributed by atoms with Gasteiger partial charge < -0.3 is 5.11 Å². The highest BCUT2D eigenvalue weighted by Gasteiger charge is 2.19. The van der Waals surface area contributed by atoms with E-state index in [4.69, 9.17) is 10.4 Å².